The van der Waals surface area contributed by atoms with Gasteiger partial charge in [-0.25, -0.2) is 4.79 Å². The largest absolute Gasteiger partial charge is 0.478 e. The Morgan fingerprint density at radius 3 is 2.31 bits per heavy atom. The van der Waals surface area contributed by atoms with Gasteiger partial charge in [0.15, 0.2) is 0 Å². The molecule has 4 N–H and O–H groups in total. The zero-order valence-electron chi connectivity index (χ0n) is 8.48. The number of nitrogens with two attached hydrogens (primary N) is 1. The van der Waals surface area contributed by atoms with Crippen LogP contribution in [0.3, 0.4) is 0 Å². The Morgan fingerprint density at radius 2 is 1.88 bits per heavy atom. The molecule has 1 aromatic rings. The number of carboxylic acids is 1. The molecule has 6 heteroatoms. The summed E-state index contributed by atoms with van der Waals surface area (Å²) in [6.07, 6.45) is 0. The quantitative estimate of drug-likeness (QED) is 0.660. The van der Waals surface area contributed by atoms with E-state index < -0.39 is 17.8 Å². The third-order valence-electron chi connectivity index (χ3n) is 2.01. The van der Waals surface area contributed by atoms with Crippen molar-refractivity contribution in [1.82, 2.24) is 5.32 Å². The molecule has 0 saturated carbocycles. The van der Waals surface area contributed by atoms with E-state index in [9.17, 15) is 14.4 Å². The first-order valence-corrected chi connectivity index (χ1v) is 4.36. The van der Waals surface area contributed by atoms with Crippen LogP contribution in [0.25, 0.3) is 0 Å². The van der Waals surface area contributed by atoms with Crippen LogP contribution in [0, 0.1) is 0 Å². The molecule has 0 aliphatic heterocycles. The van der Waals surface area contributed by atoms with Crippen LogP contribution >= 0.6 is 0 Å². The second-order valence-electron chi connectivity index (χ2n) is 3.01. The summed E-state index contributed by atoms with van der Waals surface area (Å²) in [7, 11) is 1.38. The van der Waals surface area contributed by atoms with Crippen molar-refractivity contribution in [3.63, 3.8) is 0 Å². The Labute approximate surface area is 91.1 Å². The highest BCUT2D eigenvalue weighted by Crippen LogP contribution is 2.12. The molecule has 6 nitrogen and oxygen atoms in total. The number of amides is 2. The summed E-state index contributed by atoms with van der Waals surface area (Å²) in [5, 5.41) is 11.2. The monoisotopic (exact) mass is 222 g/mol. The predicted octanol–water partition coefficient (Wildman–Crippen LogP) is -0.157. The third-order valence-corrected chi connectivity index (χ3v) is 2.01. The highest BCUT2D eigenvalue weighted by molar-refractivity contribution is 6.06. The van der Waals surface area contributed by atoms with E-state index in [1.54, 1.807) is 0 Å². The number of hydrogen-bond acceptors (Lipinski definition) is 3. The van der Waals surface area contributed by atoms with Gasteiger partial charge in [0.2, 0.25) is 5.91 Å². The van der Waals surface area contributed by atoms with Gasteiger partial charge in [-0.05, 0) is 18.2 Å². The van der Waals surface area contributed by atoms with E-state index in [2.05, 4.69) is 5.32 Å². The lowest BCUT2D eigenvalue weighted by atomic mass is 10.0. The maximum atomic E-state index is 11.3. The average Bonchev–Trinajstić information content (AvgIpc) is 2.26. The number of rotatable bonds is 3. The summed E-state index contributed by atoms with van der Waals surface area (Å²) in [6, 6.07) is 3.64. The zero-order chi connectivity index (χ0) is 12.3. The van der Waals surface area contributed by atoms with Crippen molar-refractivity contribution < 1.29 is 19.5 Å². The molecule has 0 aliphatic rings. The van der Waals surface area contributed by atoms with Crippen molar-refractivity contribution in [2.24, 2.45) is 5.73 Å². The first-order chi connectivity index (χ1) is 7.47. The lowest BCUT2D eigenvalue weighted by Crippen LogP contribution is -2.22. The number of hydrogen-bond donors (Lipinski definition) is 3. The number of nitrogens with one attached hydrogen (secondary N) is 1. The van der Waals surface area contributed by atoms with Gasteiger partial charge in [0, 0.05) is 12.6 Å². The van der Waals surface area contributed by atoms with Gasteiger partial charge in [0.05, 0.1) is 11.1 Å². The summed E-state index contributed by atoms with van der Waals surface area (Å²) in [5.74, 6) is -2.57. The standard InChI is InChI=1S/C10H10N2O4/c1-12-9(14)6-3-2-5(8(11)13)4-7(6)10(15)16/h2-4H,1H3,(H2,11,13)(H,12,14)(H,15,16). The van der Waals surface area contributed by atoms with E-state index in [1.165, 1.54) is 19.2 Å². The number of aromatic carboxylic acids is 1. The fourth-order valence-corrected chi connectivity index (χ4v) is 1.21. The van der Waals surface area contributed by atoms with Crippen LogP contribution in [-0.2, 0) is 0 Å². The number of carbonyl (C=O) groups excluding carboxylic acids is 2. The molecule has 0 saturated heterocycles. The van der Waals surface area contributed by atoms with Crippen molar-refractivity contribution in [2.75, 3.05) is 7.05 Å². The maximum Gasteiger partial charge on any atom is 0.336 e. The molecule has 0 aromatic heterocycles. The minimum Gasteiger partial charge on any atom is -0.478 e. The second-order valence-corrected chi connectivity index (χ2v) is 3.01. The van der Waals surface area contributed by atoms with Crippen LogP contribution in [0.5, 0.6) is 0 Å². The number of carboxylic acid groups (broad SMARTS) is 1. The van der Waals surface area contributed by atoms with Gasteiger partial charge in [0.1, 0.15) is 0 Å². The third kappa shape index (κ3) is 2.17. The molecule has 16 heavy (non-hydrogen) atoms. The second kappa shape index (κ2) is 4.43. The van der Waals surface area contributed by atoms with Crippen LogP contribution in [0.4, 0.5) is 0 Å². The molecule has 1 rings (SSSR count). The van der Waals surface area contributed by atoms with E-state index in [0.717, 1.165) is 6.07 Å². The predicted molar refractivity (Wildman–Crippen MR) is 55.3 cm³/mol. The van der Waals surface area contributed by atoms with Gasteiger partial charge in [-0.2, -0.15) is 0 Å². The van der Waals surface area contributed by atoms with E-state index in [-0.39, 0.29) is 16.7 Å². The topological polar surface area (TPSA) is 109 Å². The fourth-order valence-electron chi connectivity index (χ4n) is 1.21. The van der Waals surface area contributed by atoms with E-state index in [0.29, 0.717) is 0 Å². The van der Waals surface area contributed by atoms with Crippen LogP contribution < -0.4 is 11.1 Å². The van der Waals surface area contributed by atoms with E-state index in [4.69, 9.17) is 10.8 Å². The SMILES string of the molecule is CNC(=O)c1ccc(C(N)=O)cc1C(=O)O. The maximum absolute atomic E-state index is 11.3. The molecule has 1 aromatic carbocycles. The van der Waals surface area contributed by atoms with Gasteiger partial charge in [-0.15, -0.1) is 0 Å². The molecule has 0 aliphatic carbocycles. The van der Waals surface area contributed by atoms with Gasteiger partial charge < -0.3 is 16.2 Å². The van der Waals surface area contributed by atoms with Gasteiger partial charge in [-0.1, -0.05) is 0 Å². The van der Waals surface area contributed by atoms with Crippen LogP contribution in [-0.4, -0.2) is 29.9 Å². The summed E-state index contributed by atoms with van der Waals surface area (Å²) < 4.78 is 0. The zero-order valence-corrected chi connectivity index (χ0v) is 8.48. The average molecular weight is 222 g/mol. The molecule has 84 valence electrons. The molecule has 0 bridgehead atoms. The first kappa shape index (κ1) is 11.7. The fraction of sp³-hybridized carbons (Fsp3) is 0.100. The Morgan fingerprint density at radius 1 is 1.25 bits per heavy atom. The summed E-state index contributed by atoms with van der Waals surface area (Å²) in [4.78, 5) is 33.1. The van der Waals surface area contributed by atoms with Gasteiger partial charge in [0.25, 0.3) is 5.91 Å². The number of benzene rings is 1. The van der Waals surface area contributed by atoms with Gasteiger partial charge >= 0.3 is 5.97 Å². The molecule has 0 spiro atoms. The minimum atomic E-state index is -1.29. The molecule has 0 unspecified atom stereocenters. The van der Waals surface area contributed by atoms with Crippen LogP contribution in [0.1, 0.15) is 31.1 Å². The molecule has 2 amide bonds. The first-order valence-electron chi connectivity index (χ1n) is 4.36. The smallest absolute Gasteiger partial charge is 0.336 e. The Bertz CT molecular complexity index is 468. The van der Waals surface area contributed by atoms with Gasteiger partial charge in [-0.3, -0.25) is 9.59 Å². The van der Waals surface area contributed by atoms with Crippen molar-refractivity contribution in [3.8, 4) is 0 Å². The summed E-state index contributed by atoms with van der Waals surface area (Å²) >= 11 is 0. The van der Waals surface area contributed by atoms with Crippen LogP contribution in [0.15, 0.2) is 18.2 Å². The van der Waals surface area contributed by atoms with Crippen molar-refractivity contribution in [1.29, 1.82) is 0 Å². The Hall–Kier alpha value is -2.37. The number of carbonyl (C=O) groups is 3. The Kier molecular flexibility index (Phi) is 3.24. The van der Waals surface area contributed by atoms with Crippen molar-refractivity contribution in [2.45, 2.75) is 0 Å². The molecule has 0 radical (unpaired) electrons. The normalized spacial score (nSPS) is 9.56. The minimum absolute atomic E-state index is 0.0139. The molecule has 0 atom stereocenters. The molecular weight excluding hydrogens is 212 g/mol. The lowest BCUT2D eigenvalue weighted by molar-refractivity contribution is 0.0691. The van der Waals surface area contributed by atoms with E-state index >= 15 is 0 Å². The highest BCUT2D eigenvalue weighted by atomic mass is 16.4. The lowest BCUT2D eigenvalue weighted by Gasteiger charge is -2.05. The summed E-state index contributed by atoms with van der Waals surface area (Å²) in [5.41, 5.74) is 4.79. The molecule has 0 heterocycles. The number of primary amides is 1. The Balaban J connectivity index is 3.36. The highest BCUT2D eigenvalue weighted by Gasteiger charge is 2.17. The van der Waals surface area contributed by atoms with Crippen molar-refractivity contribution >= 4 is 17.8 Å². The summed E-state index contributed by atoms with van der Waals surface area (Å²) in [6.45, 7) is 0. The molecular formula is C10H10N2O4. The van der Waals surface area contributed by atoms with E-state index in [1.807, 2.05) is 0 Å². The molecule has 0 fully saturated rings. The van der Waals surface area contributed by atoms with Crippen LogP contribution in [0.2, 0.25) is 0 Å². The van der Waals surface area contributed by atoms with Crippen molar-refractivity contribution in [3.05, 3.63) is 34.9 Å².